The number of alkyl halides is 4. The average Bonchev–Trinajstić information content (AvgIpc) is 2.63. The summed E-state index contributed by atoms with van der Waals surface area (Å²) in [7, 11) is 0. The molecule has 0 radical (unpaired) electrons. The summed E-state index contributed by atoms with van der Waals surface area (Å²) in [5.41, 5.74) is 5.48. The van der Waals surface area contributed by atoms with Crippen LogP contribution in [-0.4, -0.2) is 33.6 Å². The maximum Gasteiger partial charge on any atom is 0.324 e. The molecule has 1 heterocycles. The van der Waals surface area contributed by atoms with Crippen molar-refractivity contribution in [3.8, 4) is 0 Å². The summed E-state index contributed by atoms with van der Waals surface area (Å²) in [4.78, 5) is 3.53. The van der Waals surface area contributed by atoms with E-state index < -0.39 is 31.5 Å². The van der Waals surface area contributed by atoms with E-state index in [-0.39, 0.29) is 5.69 Å². The van der Waals surface area contributed by atoms with Gasteiger partial charge in [0.05, 0.1) is 31.2 Å². The quantitative estimate of drug-likeness (QED) is 0.748. The molecule has 0 amide bonds. The van der Waals surface area contributed by atoms with Crippen LogP contribution in [0.5, 0.6) is 0 Å². The summed E-state index contributed by atoms with van der Waals surface area (Å²) < 4.78 is 50.2. The van der Waals surface area contributed by atoms with Crippen molar-refractivity contribution < 1.29 is 22.7 Å². The van der Waals surface area contributed by atoms with Crippen molar-refractivity contribution in [1.29, 1.82) is 0 Å². The largest absolute Gasteiger partial charge is 0.394 e. The van der Waals surface area contributed by atoms with Crippen molar-refractivity contribution in [3.63, 3.8) is 0 Å². The second-order valence-electron chi connectivity index (χ2n) is 3.30. The van der Waals surface area contributed by atoms with Gasteiger partial charge in [-0.3, -0.25) is 0 Å². The number of nitrogens with two attached hydrogens (primary N) is 1. The van der Waals surface area contributed by atoms with Gasteiger partial charge in [-0.15, -0.1) is 0 Å². The van der Waals surface area contributed by atoms with Gasteiger partial charge in [0, 0.05) is 6.20 Å². The molecule has 16 heavy (non-hydrogen) atoms. The number of aliphatic hydroxyl groups is 1. The van der Waals surface area contributed by atoms with E-state index in [1.54, 1.807) is 0 Å². The van der Waals surface area contributed by atoms with Crippen molar-refractivity contribution in [2.45, 2.75) is 24.9 Å². The number of rotatable bonds is 5. The van der Waals surface area contributed by atoms with Crippen LogP contribution in [0.4, 0.5) is 17.6 Å². The molecule has 0 spiro atoms. The van der Waals surface area contributed by atoms with Crippen molar-refractivity contribution in [2.24, 2.45) is 5.73 Å². The van der Waals surface area contributed by atoms with Crippen molar-refractivity contribution >= 4 is 0 Å². The summed E-state index contributed by atoms with van der Waals surface area (Å²) in [6.07, 6.45) is -1.63. The molecule has 1 aromatic heterocycles. The fraction of sp³-hybridized carbons (Fsp3) is 0.625. The van der Waals surface area contributed by atoms with Crippen LogP contribution in [0.25, 0.3) is 0 Å². The minimum Gasteiger partial charge on any atom is -0.394 e. The topological polar surface area (TPSA) is 64.1 Å². The van der Waals surface area contributed by atoms with Crippen molar-refractivity contribution in [1.82, 2.24) is 9.55 Å². The summed E-state index contributed by atoms with van der Waals surface area (Å²) in [6, 6.07) is -0.920. The van der Waals surface area contributed by atoms with Gasteiger partial charge in [-0.05, 0) is 0 Å². The minimum atomic E-state index is -4.15. The molecule has 3 N–H and O–H groups in total. The summed E-state index contributed by atoms with van der Waals surface area (Å²) in [5, 5.41) is 8.74. The highest BCUT2D eigenvalue weighted by Gasteiger charge is 2.41. The van der Waals surface area contributed by atoms with E-state index in [1.165, 1.54) is 0 Å². The molecule has 0 aliphatic heterocycles. The first-order valence-corrected chi connectivity index (χ1v) is 4.41. The minimum absolute atomic E-state index is 0.0859. The van der Waals surface area contributed by atoms with Crippen LogP contribution in [0.1, 0.15) is 11.7 Å². The summed E-state index contributed by atoms with van der Waals surface area (Å²) in [6.45, 7) is -1.69. The van der Waals surface area contributed by atoms with Crippen LogP contribution in [0, 0.1) is 0 Å². The lowest BCUT2D eigenvalue weighted by atomic mass is 10.2. The SMILES string of the molecule is NC(CO)c1cncn1CC(F)(F)C(F)F. The fourth-order valence-corrected chi connectivity index (χ4v) is 1.16. The van der Waals surface area contributed by atoms with Crippen LogP contribution >= 0.6 is 0 Å². The zero-order chi connectivity index (χ0) is 12.3. The predicted molar refractivity (Wildman–Crippen MR) is 47.2 cm³/mol. The van der Waals surface area contributed by atoms with Gasteiger partial charge in [0.25, 0.3) is 0 Å². The molecule has 1 aromatic rings. The van der Waals surface area contributed by atoms with E-state index in [2.05, 4.69) is 4.98 Å². The second-order valence-corrected chi connectivity index (χ2v) is 3.30. The van der Waals surface area contributed by atoms with Gasteiger partial charge in [-0.1, -0.05) is 0 Å². The molecule has 0 aliphatic rings. The number of aliphatic hydroxyl groups excluding tert-OH is 1. The Balaban J connectivity index is 2.86. The molecular weight excluding hydrogens is 230 g/mol. The smallest absolute Gasteiger partial charge is 0.324 e. The van der Waals surface area contributed by atoms with E-state index >= 15 is 0 Å². The molecule has 1 atom stereocenters. The third-order valence-corrected chi connectivity index (χ3v) is 2.02. The first-order valence-electron chi connectivity index (χ1n) is 4.41. The third-order valence-electron chi connectivity index (χ3n) is 2.02. The van der Waals surface area contributed by atoms with Crippen LogP contribution in [0.15, 0.2) is 12.5 Å². The molecule has 0 aromatic carbocycles. The Kier molecular flexibility index (Phi) is 3.87. The second kappa shape index (κ2) is 4.79. The highest BCUT2D eigenvalue weighted by molar-refractivity contribution is 5.05. The average molecular weight is 241 g/mol. The molecule has 0 aliphatic carbocycles. The molecule has 0 saturated heterocycles. The first-order chi connectivity index (χ1) is 7.38. The molecule has 1 unspecified atom stereocenters. The highest BCUT2D eigenvalue weighted by Crippen LogP contribution is 2.26. The zero-order valence-electron chi connectivity index (χ0n) is 8.15. The molecule has 0 bridgehead atoms. The van der Waals surface area contributed by atoms with Crippen molar-refractivity contribution in [2.75, 3.05) is 6.61 Å². The lowest BCUT2D eigenvalue weighted by Gasteiger charge is -2.18. The normalized spacial score (nSPS) is 14.4. The molecule has 0 fully saturated rings. The number of nitrogens with zero attached hydrogens (tertiary/aromatic N) is 2. The van der Waals surface area contributed by atoms with Gasteiger partial charge >= 0.3 is 12.3 Å². The fourth-order valence-electron chi connectivity index (χ4n) is 1.16. The Labute approximate surface area is 88.7 Å². The first kappa shape index (κ1) is 12.9. The van der Waals surface area contributed by atoms with Crippen molar-refractivity contribution in [3.05, 3.63) is 18.2 Å². The Morgan fingerprint density at radius 3 is 2.62 bits per heavy atom. The number of hydrogen-bond donors (Lipinski definition) is 2. The van der Waals surface area contributed by atoms with E-state index in [4.69, 9.17) is 10.8 Å². The molecule has 92 valence electrons. The van der Waals surface area contributed by atoms with E-state index in [1.807, 2.05) is 0 Å². The van der Waals surface area contributed by atoms with Gasteiger partial charge < -0.3 is 15.4 Å². The maximum atomic E-state index is 12.8. The lowest BCUT2D eigenvalue weighted by molar-refractivity contribution is -0.138. The number of hydrogen-bond acceptors (Lipinski definition) is 3. The number of aromatic nitrogens is 2. The van der Waals surface area contributed by atoms with Gasteiger partial charge in [0.15, 0.2) is 0 Å². The van der Waals surface area contributed by atoms with Crippen LogP contribution < -0.4 is 5.73 Å². The highest BCUT2D eigenvalue weighted by atomic mass is 19.3. The van der Waals surface area contributed by atoms with E-state index in [0.29, 0.717) is 0 Å². The number of imidazole rings is 1. The van der Waals surface area contributed by atoms with Crippen LogP contribution in [0.2, 0.25) is 0 Å². The molecule has 8 heteroatoms. The van der Waals surface area contributed by atoms with Gasteiger partial charge in [0.2, 0.25) is 0 Å². The van der Waals surface area contributed by atoms with Crippen LogP contribution in [-0.2, 0) is 6.54 Å². The maximum absolute atomic E-state index is 12.8. The predicted octanol–water partition coefficient (Wildman–Crippen LogP) is 0.776. The Hall–Kier alpha value is -1.15. The lowest BCUT2D eigenvalue weighted by Crippen LogP contribution is -2.33. The standard InChI is InChI=1S/C8H11F4N3O/c9-7(10)8(11,12)3-15-4-14-1-6(15)5(13)2-16/h1,4-5,7,16H,2-3,13H2. The number of halogens is 4. The van der Waals surface area contributed by atoms with E-state index in [0.717, 1.165) is 17.1 Å². The summed E-state index contributed by atoms with van der Waals surface area (Å²) in [5.74, 6) is -4.15. The Morgan fingerprint density at radius 2 is 2.12 bits per heavy atom. The van der Waals surface area contributed by atoms with Gasteiger partial charge in [-0.25, -0.2) is 13.8 Å². The molecular formula is C8H11F4N3O. The monoisotopic (exact) mass is 241 g/mol. The third kappa shape index (κ3) is 2.70. The Morgan fingerprint density at radius 1 is 1.50 bits per heavy atom. The van der Waals surface area contributed by atoms with E-state index in [9.17, 15) is 17.6 Å². The van der Waals surface area contributed by atoms with Gasteiger partial charge in [0.1, 0.15) is 0 Å². The molecule has 1 rings (SSSR count). The Bertz CT molecular complexity index is 342. The van der Waals surface area contributed by atoms with Crippen LogP contribution in [0.3, 0.4) is 0 Å². The molecule has 4 nitrogen and oxygen atoms in total. The van der Waals surface area contributed by atoms with Gasteiger partial charge in [-0.2, -0.15) is 8.78 Å². The zero-order valence-corrected chi connectivity index (χ0v) is 8.15. The summed E-state index contributed by atoms with van der Waals surface area (Å²) >= 11 is 0. The molecule has 0 saturated carbocycles.